The van der Waals surface area contributed by atoms with Crippen molar-refractivity contribution in [3.05, 3.63) is 23.8 Å². The summed E-state index contributed by atoms with van der Waals surface area (Å²) in [5.74, 6) is 1.18. The molecule has 1 aromatic carbocycles. The molecule has 25 heavy (non-hydrogen) atoms. The van der Waals surface area contributed by atoms with Crippen LogP contribution in [0, 0.1) is 5.41 Å². The Hall–Kier alpha value is -2.09. The number of benzene rings is 1. The molecule has 0 radical (unpaired) electrons. The highest BCUT2D eigenvalue weighted by Crippen LogP contribution is 2.44. The van der Waals surface area contributed by atoms with Gasteiger partial charge in [-0.1, -0.05) is 0 Å². The van der Waals surface area contributed by atoms with Crippen molar-refractivity contribution >= 4 is 5.96 Å². The van der Waals surface area contributed by atoms with E-state index in [1.54, 1.807) is 12.1 Å². The molecular weight excluding hydrogens is 332 g/mol. The fourth-order valence-electron chi connectivity index (χ4n) is 2.36. The molecule has 0 heterocycles. The molecule has 1 aliphatic carbocycles. The van der Waals surface area contributed by atoms with Gasteiger partial charge in [-0.25, -0.2) is 4.99 Å². The Morgan fingerprint density at radius 3 is 2.68 bits per heavy atom. The van der Waals surface area contributed by atoms with Crippen LogP contribution in [0.2, 0.25) is 0 Å². The van der Waals surface area contributed by atoms with Gasteiger partial charge in [-0.15, -0.1) is 0 Å². The van der Waals surface area contributed by atoms with Crippen LogP contribution in [0.1, 0.15) is 25.3 Å². The van der Waals surface area contributed by atoms with Crippen molar-refractivity contribution in [2.75, 3.05) is 26.8 Å². The number of guanidine groups is 1. The first-order chi connectivity index (χ1) is 12.0. The molecule has 0 saturated heterocycles. The lowest BCUT2D eigenvalue weighted by Gasteiger charge is -2.17. The first-order valence-electron chi connectivity index (χ1n) is 8.26. The molecular formula is C17H25F2N3O3. The summed E-state index contributed by atoms with van der Waals surface area (Å²) >= 11 is 0. The summed E-state index contributed by atoms with van der Waals surface area (Å²) in [5, 5.41) is 15.7. The number of alkyl halides is 2. The van der Waals surface area contributed by atoms with Crippen LogP contribution in [0.3, 0.4) is 0 Å². The number of nitrogens with zero attached hydrogens (tertiary/aromatic N) is 1. The topological polar surface area (TPSA) is 75.1 Å². The predicted molar refractivity (Wildman–Crippen MR) is 91.2 cm³/mol. The minimum atomic E-state index is -2.90. The Kier molecular flexibility index (Phi) is 6.81. The largest absolute Gasteiger partial charge is 0.497 e. The van der Waals surface area contributed by atoms with Crippen molar-refractivity contribution in [1.82, 2.24) is 10.6 Å². The van der Waals surface area contributed by atoms with Crippen molar-refractivity contribution in [3.8, 4) is 11.5 Å². The van der Waals surface area contributed by atoms with Gasteiger partial charge < -0.3 is 25.2 Å². The van der Waals surface area contributed by atoms with Gasteiger partial charge in [0.2, 0.25) is 0 Å². The monoisotopic (exact) mass is 357 g/mol. The van der Waals surface area contributed by atoms with Crippen LogP contribution in [0.15, 0.2) is 23.2 Å². The number of hydrogen-bond donors (Lipinski definition) is 3. The van der Waals surface area contributed by atoms with E-state index in [9.17, 15) is 13.9 Å². The summed E-state index contributed by atoms with van der Waals surface area (Å²) in [7, 11) is 1.51. The lowest BCUT2D eigenvalue weighted by molar-refractivity contribution is -0.0504. The van der Waals surface area contributed by atoms with E-state index in [-0.39, 0.29) is 24.3 Å². The highest BCUT2D eigenvalue weighted by molar-refractivity contribution is 5.79. The fourth-order valence-corrected chi connectivity index (χ4v) is 2.36. The van der Waals surface area contributed by atoms with Crippen molar-refractivity contribution < 1.29 is 23.4 Å². The minimum Gasteiger partial charge on any atom is -0.497 e. The van der Waals surface area contributed by atoms with Crippen LogP contribution >= 0.6 is 0 Å². The number of ether oxygens (including phenoxy) is 2. The van der Waals surface area contributed by atoms with Crippen LogP contribution < -0.4 is 20.1 Å². The third-order valence-electron chi connectivity index (χ3n) is 4.16. The molecule has 0 aromatic heterocycles. The van der Waals surface area contributed by atoms with Gasteiger partial charge in [-0.2, -0.15) is 8.78 Å². The average molecular weight is 357 g/mol. The van der Waals surface area contributed by atoms with E-state index in [0.29, 0.717) is 30.4 Å². The average Bonchev–Trinajstić information content (AvgIpc) is 3.38. The smallest absolute Gasteiger partial charge is 0.387 e. The summed E-state index contributed by atoms with van der Waals surface area (Å²) in [6, 6.07) is 4.63. The zero-order valence-corrected chi connectivity index (χ0v) is 14.5. The molecule has 0 spiro atoms. The van der Waals surface area contributed by atoms with E-state index in [2.05, 4.69) is 20.4 Å². The summed E-state index contributed by atoms with van der Waals surface area (Å²) in [4.78, 5) is 4.42. The van der Waals surface area contributed by atoms with Gasteiger partial charge in [0.15, 0.2) is 5.96 Å². The highest BCUT2D eigenvalue weighted by Gasteiger charge is 2.41. The maximum Gasteiger partial charge on any atom is 0.387 e. The van der Waals surface area contributed by atoms with Crippen molar-refractivity contribution in [3.63, 3.8) is 0 Å². The van der Waals surface area contributed by atoms with E-state index in [1.165, 1.54) is 13.2 Å². The lowest BCUT2D eigenvalue weighted by atomic mass is 10.1. The van der Waals surface area contributed by atoms with E-state index < -0.39 is 6.61 Å². The number of halogens is 2. The Morgan fingerprint density at radius 2 is 2.12 bits per heavy atom. The van der Waals surface area contributed by atoms with E-state index in [1.807, 2.05) is 6.92 Å². The molecule has 0 atom stereocenters. The SMILES string of the molecule is CCNC(=NCc1cc(OC)ccc1OC(F)F)NCC1(CO)CC1. The zero-order valence-electron chi connectivity index (χ0n) is 14.5. The van der Waals surface area contributed by atoms with E-state index in [4.69, 9.17) is 4.74 Å². The highest BCUT2D eigenvalue weighted by atomic mass is 19.3. The van der Waals surface area contributed by atoms with Gasteiger partial charge in [0.05, 0.1) is 20.3 Å². The van der Waals surface area contributed by atoms with Crippen molar-refractivity contribution in [1.29, 1.82) is 0 Å². The molecule has 2 rings (SSSR count). The van der Waals surface area contributed by atoms with Crippen LogP contribution in [0.25, 0.3) is 0 Å². The van der Waals surface area contributed by atoms with Gasteiger partial charge >= 0.3 is 6.61 Å². The summed E-state index contributed by atoms with van der Waals surface area (Å²) in [6.07, 6.45) is 1.97. The van der Waals surface area contributed by atoms with E-state index >= 15 is 0 Å². The number of aliphatic imine (C=N–C) groups is 1. The summed E-state index contributed by atoms with van der Waals surface area (Å²) in [5.41, 5.74) is 0.441. The van der Waals surface area contributed by atoms with Crippen LogP contribution in [-0.4, -0.2) is 44.5 Å². The molecule has 6 nitrogen and oxygen atoms in total. The first-order valence-corrected chi connectivity index (χ1v) is 8.26. The molecule has 140 valence electrons. The van der Waals surface area contributed by atoms with E-state index in [0.717, 1.165) is 12.8 Å². The van der Waals surface area contributed by atoms with Gasteiger partial charge in [0.1, 0.15) is 11.5 Å². The Morgan fingerprint density at radius 1 is 1.36 bits per heavy atom. The number of hydrogen-bond acceptors (Lipinski definition) is 4. The molecule has 1 aliphatic rings. The lowest BCUT2D eigenvalue weighted by Crippen LogP contribution is -2.41. The Bertz CT molecular complexity index is 593. The molecule has 8 heteroatoms. The fraction of sp³-hybridized carbons (Fsp3) is 0.588. The maximum absolute atomic E-state index is 12.6. The minimum absolute atomic E-state index is 0.0594. The molecule has 0 aliphatic heterocycles. The van der Waals surface area contributed by atoms with Crippen molar-refractivity contribution in [2.45, 2.75) is 32.9 Å². The van der Waals surface area contributed by atoms with Crippen molar-refractivity contribution in [2.24, 2.45) is 10.4 Å². The molecule has 0 unspecified atom stereocenters. The second-order valence-electron chi connectivity index (χ2n) is 6.06. The Labute approximate surface area is 146 Å². The second kappa shape index (κ2) is 8.84. The zero-order chi connectivity index (χ0) is 18.3. The number of rotatable bonds is 9. The summed E-state index contributed by atoms with van der Waals surface area (Å²) < 4.78 is 34.8. The van der Waals surface area contributed by atoms with Gasteiger partial charge in [0, 0.05) is 24.1 Å². The molecule has 1 fully saturated rings. The second-order valence-corrected chi connectivity index (χ2v) is 6.06. The molecule has 0 amide bonds. The van der Waals surface area contributed by atoms with Crippen LogP contribution in [0.5, 0.6) is 11.5 Å². The Balaban J connectivity index is 2.09. The molecule has 0 bridgehead atoms. The molecule has 1 saturated carbocycles. The third kappa shape index (κ3) is 5.74. The normalized spacial score (nSPS) is 15.8. The van der Waals surface area contributed by atoms with Crippen LogP contribution in [-0.2, 0) is 6.54 Å². The maximum atomic E-state index is 12.6. The third-order valence-corrected chi connectivity index (χ3v) is 4.16. The standard InChI is InChI=1S/C17H25F2N3O3/c1-3-20-16(22-10-17(11-23)6-7-17)21-9-12-8-13(24-2)4-5-14(12)25-15(18)19/h4-5,8,15,23H,3,6-7,9-11H2,1-2H3,(H2,20,21,22). The molecule has 1 aromatic rings. The predicted octanol–water partition coefficient (Wildman–Crippen LogP) is 2.12. The molecule has 3 N–H and O–H groups in total. The number of aliphatic hydroxyl groups is 1. The first kappa shape index (κ1) is 19.2. The van der Waals surface area contributed by atoms with Gasteiger partial charge in [0.25, 0.3) is 0 Å². The van der Waals surface area contributed by atoms with Gasteiger partial charge in [-0.3, -0.25) is 0 Å². The quantitative estimate of drug-likeness (QED) is 0.466. The van der Waals surface area contributed by atoms with Crippen LogP contribution in [0.4, 0.5) is 8.78 Å². The van der Waals surface area contributed by atoms with Gasteiger partial charge in [-0.05, 0) is 38.0 Å². The number of aliphatic hydroxyl groups excluding tert-OH is 1. The number of nitrogens with one attached hydrogen (secondary N) is 2. The number of methoxy groups -OCH3 is 1. The summed E-state index contributed by atoms with van der Waals surface area (Å²) in [6.45, 7) is 0.612.